The first kappa shape index (κ1) is 25.0. The molecule has 0 fully saturated rings. The molecule has 0 saturated carbocycles. The summed E-state index contributed by atoms with van der Waals surface area (Å²) in [7, 11) is 0. The molecule has 8 heteroatoms. The number of benzene rings is 2. The summed E-state index contributed by atoms with van der Waals surface area (Å²) >= 11 is 6.94. The number of H-pyrrole nitrogens is 1. The van der Waals surface area contributed by atoms with Crippen molar-refractivity contribution < 1.29 is 13.9 Å². The van der Waals surface area contributed by atoms with Gasteiger partial charge in [-0.2, -0.15) is 0 Å². The molecule has 2 aromatic carbocycles. The zero-order valence-electron chi connectivity index (χ0n) is 19.4. The van der Waals surface area contributed by atoms with Gasteiger partial charge in [0.05, 0.1) is 31.4 Å². The van der Waals surface area contributed by atoms with E-state index in [-0.39, 0.29) is 37.9 Å². The summed E-state index contributed by atoms with van der Waals surface area (Å²) in [6, 6.07) is 21.9. The highest BCUT2D eigenvalue weighted by atomic mass is 35.5. The molecule has 35 heavy (non-hydrogen) atoms. The summed E-state index contributed by atoms with van der Waals surface area (Å²) in [5, 5.41) is 3.10. The predicted octanol–water partition coefficient (Wildman–Crippen LogP) is 5.04. The third-order valence-electron chi connectivity index (χ3n) is 5.92. The molecule has 0 atom stereocenters. The molecule has 0 saturated heterocycles. The van der Waals surface area contributed by atoms with Crippen LogP contribution in [0.4, 0.5) is 0 Å². The summed E-state index contributed by atoms with van der Waals surface area (Å²) < 4.78 is 4.69. The Balaban J connectivity index is 1.48. The fraction of sp³-hybridized carbons (Fsp3) is 0.259. The maximum atomic E-state index is 13.5. The summed E-state index contributed by atoms with van der Waals surface area (Å²) in [6.45, 7) is 1.39. The van der Waals surface area contributed by atoms with Gasteiger partial charge >= 0.3 is 0 Å². The normalized spacial score (nSPS) is 11.0. The molecule has 2 aromatic heterocycles. The van der Waals surface area contributed by atoms with E-state index in [1.807, 2.05) is 77.1 Å². The number of amides is 2. The van der Waals surface area contributed by atoms with Gasteiger partial charge in [0.2, 0.25) is 11.8 Å². The van der Waals surface area contributed by atoms with Gasteiger partial charge in [-0.3, -0.25) is 13.9 Å². The van der Waals surface area contributed by atoms with E-state index in [2.05, 4.69) is 15.3 Å². The quantitative estimate of drug-likeness (QED) is 0.291. The van der Waals surface area contributed by atoms with Crippen LogP contribution in [0.15, 0.2) is 78.3 Å². The standard InChI is InChI=1S/C27H28ClN3O3S/c28-34-15-14-31(26(32)17-23-9-6-16-35-23)20-27(33)30(19-21-7-2-1-3-8-21)13-12-22-18-29-25-11-5-4-10-24(22)25/h1-11,16,18,29H,12-15,17,19-20H2. The van der Waals surface area contributed by atoms with Crippen LogP contribution in [0, 0.1) is 0 Å². The van der Waals surface area contributed by atoms with Gasteiger partial charge in [0.15, 0.2) is 0 Å². The molecule has 2 heterocycles. The number of carbonyl (C=O) groups excluding carboxylic acids is 2. The third kappa shape index (κ3) is 6.94. The van der Waals surface area contributed by atoms with Crippen molar-refractivity contribution in [2.24, 2.45) is 0 Å². The van der Waals surface area contributed by atoms with Gasteiger partial charge in [-0.05, 0) is 35.1 Å². The van der Waals surface area contributed by atoms with Crippen molar-refractivity contribution in [3.8, 4) is 0 Å². The van der Waals surface area contributed by atoms with E-state index in [1.54, 1.807) is 0 Å². The molecular formula is C27H28ClN3O3S. The van der Waals surface area contributed by atoms with Crippen molar-refractivity contribution in [2.45, 2.75) is 19.4 Å². The number of nitrogens with zero attached hydrogens (tertiary/aromatic N) is 2. The zero-order chi connectivity index (χ0) is 24.5. The topological polar surface area (TPSA) is 65.6 Å². The van der Waals surface area contributed by atoms with E-state index in [4.69, 9.17) is 11.9 Å². The lowest BCUT2D eigenvalue weighted by Gasteiger charge is -2.28. The van der Waals surface area contributed by atoms with Crippen molar-refractivity contribution in [3.05, 3.63) is 94.3 Å². The van der Waals surface area contributed by atoms with Crippen LogP contribution >= 0.6 is 23.2 Å². The van der Waals surface area contributed by atoms with Crippen LogP contribution in [0.2, 0.25) is 0 Å². The number of halogens is 1. The number of para-hydroxylation sites is 1. The lowest BCUT2D eigenvalue weighted by atomic mass is 10.1. The monoisotopic (exact) mass is 509 g/mol. The summed E-state index contributed by atoms with van der Waals surface area (Å²) in [6.07, 6.45) is 2.96. The van der Waals surface area contributed by atoms with Gasteiger partial charge in [-0.25, -0.2) is 0 Å². The third-order valence-corrected chi connectivity index (χ3v) is 6.95. The Morgan fingerprint density at radius 2 is 1.71 bits per heavy atom. The van der Waals surface area contributed by atoms with Gasteiger partial charge in [0.1, 0.15) is 0 Å². The number of thiophene rings is 1. The Labute approximate surface area is 214 Å². The first-order valence-electron chi connectivity index (χ1n) is 11.5. The van der Waals surface area contributed by atoms with Gasteiger partial charge < -0.3 is 14.8 Å². The van der Waals surface area contributed by atoms with Crippen molar-refractivity contribution in [1.82, 2.24) is 14.8 Å². The highest BCUT2D eigenvalue weighted by Crippen LogP contribution is 2.19. The van der Waals surface area contributed by atoms with E-state index in [1.165, 1.54) is 16.2 Å². The second-order valence-corrected chi connectivity index (χ2v) is 9.55. The molecule has 4 aromatic rings. The van der Waals surface area contributed by atoms with Crippen molar-refractivity contribution in [2.75, 3.05) is 26.2 Å². The number of aromatic amines is 1. The number of hydrogen-bond acceptors (Lipinski definition) is 4. The minimum atomic E-state index is -0.120. The van der Waals surface area contributed by atoms with Gasteiger partial charge in [-0.15, -0.1) is 11.3 Å². The lowest BCUT2D eigenvalue weighted by molar-refractivity contribution is -0.140. The molecule has 0 spiro atoms. The molecule has 0 bridgehead atoms. The van der Waals surface area contributed by atoms with E-state index in [0.29, 0.717) is 19.5 Å². The average Bonchev–Trinajstić information content (AvgIpc) is 3.54. The predicted molar refractivity (Wildman–Crippen MR) is 140 cm³/mol. The van der Waals surface area contributed by atoms with Crippen molar-refractivity contribution in [1.29, 1.82) is 0 Å². The molecule has 6 nitrogen and oxygen atoms in total. The van der Waals surface area contributed by atoms with Gasteiger partial charge in [0.25, 0.3) is 0 Å². The second-order valence-electron chi connectivity index (χ2n) is 8.30. The number of nitrogens with one attached hydrogen (secondary N) is 1. The smallest absolute Gasteiger partial charge is 0.242 e. The molecule has 0 radical (unpaired) electrons. The molecular weight excluding hydrogens is 482 g/mol. The molecule has 2 amide bonds. The van der Waals surface area contributed by atoms with Crippen LogP contribution in [-0.2, 0) is 33.3 Å². The van der Waals surface area contributed by atoms with Crippen LogP contribution in [-0.4, -0.2) is 52.8 Å². The number of fused-ring (bicyclic) bond motifs is 1. The maximum Gasteiger partial charge on any atom is 0.242 e. The van der Waals surface area contributed by atoms with Crippen LogP contribution in [0.5, 0.6) is 0 Å². The first-order chi connectivity index (χ1) is 17.1. The Kier molecular flexibility index (Phi) is 8.95. The molecule has 4 rings (SSSR count). The van der Waals surface area contributed by atoms with Gasteiger partial charge in [-0.1, -0.05) is 54.6 Å². The summed E-state index contributed by atoms with van der Waals surface area (Å²) in [5.74, 6) is -0.228. The fourth-order valence-corrected chi connectivity index (χ4v) is 4.83. The Bertz CT molecular complexity index is 1230. The molecule has 1 N–H and O–H groups in total. The van der Waals surface area contributed by atoms with E-state index >= 15 is 0 Å². The SMILES string of the molecule is O=C(Cc1cccs1)N(CCOCl)CC(=O)N(CCc1c[nH]c2ccccc12)Cc1ccccc1. The second kappa shape index (κ2) is 12.5. The highest BCUT2D eigenvalue weighted by Gasteiger charge is 2.22. The minimum Gasteiger partial charge on any atom is -0.361 e. The van der Waals surface area contributed by atoms with E-state index < -0.39 is 0 Å². The zero-order valence-corrected chi connectivity index (χ0v) is 20.9. The fourth-order valence-electron chi connectivity index (χ4n) is 4.06. The molecule has 0 aliphatic carbocycles. The summed E-state index contributed by atoms with van der Waals surface area (Å²) in [4.78, 5) is 34.1. The molecule has 182 valence electrons. The van der Waals surface area contributed by atoms with Crippen LogP contribution in [0.1, 0.15) is 16.0 Å². The number of aromatic nitrogens is 1. The number of rotatable bonds is 12. The van der Waals surface area contributed by atoms with Crippen LogP contribution < -0.4 is 0 Å². The minimum absolute atomic E-state index is 0.0226. The summed E-state index contributed by atoms with van der Waals surface area (Å²) in [5.41, 5.74) is 3.28. The van der Waals surface area contributed by atoms with Crippen molar-refractivity contribution in [3.63, 3.8) is 0 Å². The Hall–Kier alpha value is -3.13. The largest absolute Gasteiger partial charge is 0.361 e. The maximum absolute atomic E-state index is 13.5. The average molecular weight is 510 g/mol. The van der Waals surface area contributed by atoms with E-state index in [9.17, 15) is 9.59 Å². The molecule has 0 unspecified atom stereocenters. The Morgan fingerprint density at radius 3 is 2.49 bits per heavy atom. The lowest BCUT2D eigenvalue weighted by Crippen LogP contribution is -2.44. The Morgan fingerprint density at radius 1 is 0.914 bits per heavy atom. The first-order valence-corrected chi connectivity index (χ1v) is 12.7. The molecule has 0 aliphatic heterocycles. The van der Waals surface area contributed by atoms with Crippen LogP contribution in [0.3, 0.4) is 0 Å². The van der Waals surface area contributed by atoms with E-state index in [0.717, 1.165) is 26.9 Å². The van der Waals surface area contributed by atoms with Gasteiger partial charge in [0, 0.05) is 41.6 Å². The number of carbonyl (C=O) groups is 2. The highest BCUT2D eigenvalue weighted by molar-refractivity contribution is 7.10. The number of hydrogen-bond donors (Lipinski definition) is 1. The van der Waals surface area contributed by atoms with Crippen LogP contribution in [0.25, 0.3) is 10.9 Å². The van der Waals surface area contributed by atoms with Crippen molar-refractivity contribution >= 4 is 45.9 Å². The molecule has 0 aliphatic rings.